The molecular weight excluding hydrogens is 184 g/mol. The summed E-state index contributed by atoms with van der Waals surface area (Å²) in [5, 5.41) is 0. The normalized spacial score (nSPS) is 9.86. The van der Waals surface area contributed by atoms with Crippen LogP contribution in [-0.4, -0.2) is 25.2 Å². The number of hydrogen-bond donors (Lipinski definition) is 1. The molecule has 0 aromatic carbocycles. The molecule has 0 aliphatic carbocycles. The van der Waals surface area contributed by atoms with Crippen LogP contribution in [0, 0.1) is 0 Å². The minimum atomic E-state index is -0.541. The third-order valence-electron chi connectivity index (χ3n) is 1.66. The maximum Gasteiger partial charge on any atom is 0.358 e. The van der Waals surface area contributed by atoms with Gasteiger partial charge in [-0.1, -0.05) is 0 Å². The van der Waals surface area contributed by atoms with Gasteiger partial charge in [0, 0.05) is 7.11 Å². The topological polar surface area (TPSA) is 74.4 Å². The molecule has 0 bridgehead atoms. The highest BCUT2D eigenvalue weighted by Gasteiger charge is 2.12. The molecule has 1 aromatic rings. The van der Waals surface area contributed by atoms with Crippen LogP contribution in [-0.2, 0) is 16.1 Å². The largest absolute Gasteiger partial charge is 0.464 e. The number of aromatic nitrogens is 1. The Labute approximate surface area is 81.8 Å². The van der Waals surface area contributed by atoms with E-state index in [1.54, 1.807) is 19.2 Å². The molecular formula is C9H12N2O3. The van der Waals surface area contributed by atoms with E-state index in [9.17, 15) is 4.79 Å². The zero-order chi connectivity index (χ0) is 10.6. The van der Waals surface area contributed by atoms with Gasteiger partial charge in [0.05, 0.1) is 25.1 Å². The van der Waals surface area contributed by atoms with Gasteiger partial charge in [-0.15, -0.1) is 0 Å². The summed E-state index contributed by atoms with van der Waals surface area (Å²) in [4.78, 5) is 15.2. The monoisotopic (exact) mass is 196 g/mol. The van der Waals surface area contributed by atoms with Crippen molar-refractivity contribution in [1.29, 1.82) is 0 Å². The number of nitrogens with two attached hydrogens (primary N) is 1. The molecule has 0 unspecified atom stereocenters. The summed E-state index contributed by atoms with van der Waals surface area (Å²) >= 11 is 0. The first-order chi connectivity index (χ1) is 6.69. The number of carbonyl (C=O) groups excluding carboxylic acids is 1. The van der Waals surface area contributed by atoms with E-state index in [-0.39, 0.29) is 5.69 Å². The van der Waals surface area contributed by atoms with Crippen molar-refractivity contribution in [3.63, 3.8) is 0 Å². The maximum atomic E-state index is 11.2. The molecule has 0 aliphatic heterocycles. The predicted octanol–water partition coefficient (Wildman–Crippen LogP) is 0.597. The smallest absolute Gasteiger partial charge is 0.358 e. The summed E-state index contributed by atoms with van der Waals surface area (Å²) in [5.41, 5.74) is 6.63. The molecule has 0 fully saturated rings. The second-order valence-corrected chi connectivity index (χ2v) is 2.67. The van der Waals surface area contributed by atoms with Gasteiger partial charge < -0.3 is 15.2 Å². The molecule has 1 aromatic heterocycles. The van der Waals surface area contributed by atoms with E-state index in [0.717, 1.165) is 0 Å². The fourth-order valence-electron chi connectivity index (χ4n) is 0.999. The number of anilines is 1. The van der Waals surface area contributed by atoms with E-state index < -0.39 is 5.97 Å². The lowest BCUT2D eigenvalue weighted by atomic mass is 10.2. The van der Waals surface area contributed by atoms with Crippen molar-refractivity contribution >= 4 is 11.7 Å². The molecule has 76 valence electrons. The Morgan fingerprint density at radius 2 is 2.21 bits per heavy atom. The minimum absolute atomic E-state index is 0.127. The van der Waals surface area contributed by atoms with Crippen molar-refractivity contribution in [3.8, 4) is 0 Å². The minimum Gasteiger partial charge on any atom is -0.464 e. The number of ether oxygens (including phenoxy) is 2. The molecule has 0 saturated carbocycles. The van der Waals surface area contributed by atoms with Crippen LogP contribution in [0.4, 0.5) is 5.69 Å². The molecule has 1 heterocycles. The van der Waals surface area contributed by atoms with Crippen molar-refractivity contribution in [2.75, 3.05) is 20.0 Å². The van der Waals surface area contributed by atoms with E-state index in [2.05, 4.69) is 9.72 Å². The molecule has 0 atom stereocenters. The van der Waals surface area contributed by atoms with Gasteiger partial charge in [-0.2, -0.15) is 0 Å². The second kappa shape index (κ2) is 4.57. The average molecular weight is 196 g/mol. The standard InChI is InChI=1S/C9H12N2O3/c1-13-5-6-3-4-7(10)8(11-6)9(12)14-2/h3-4H,5,10H2,1-2H3. The molecule has 1 rings (SSSR count). The zero-order valence-electron chi connectivity index (χ0n) is 8.11. The molecule has 0 spiro atoms. The molecule has 0 saturated heterocycles. The fourth-order valence-corrected chi connectivity index (χ4v) is 0.999. The number of methoxy groups -OCH3 is 2. The maximum absolute atomic E-state index is 11.2. The van der Waals surface area contributed by atoms with Crippen molar-refractivity contribution in [1.82, 2.24) is 4.98 Å². The summed E-state index contributed by atoms with van der Waals surface area (Å²) in [5.74, 6) is -0.541. The summed E-state index contributed by atoms with van der Waals surface area (Å²) in [7, 11) is 2.84. The summed E-state index contributed by atoms with van der Waals surface area (Å²) in [6, 6.07) is 3.30. The van der Waals surface area contributed by atoms with E-state index >= 15 is 0 Å². The van der Waals surface area contributed by atoms with E-state index in [4.69, 9.17) is 10.5 Å². The van der Waals surface area contributed by atoms with E-state index in [1.807, 2.05) is 0 Å². The number of nitrogens with zero attached hydrogens (tertiary/aromatic N) is 1. The van der Waals surface area contributed by atoms with Crippen LogP contribution < -0.4 is 5.73 Å². The lowest BCUT2D eigenvalue weighted by molar-refractivity contribution is 0.0594. The SMILES string of the molecule is COCc1ccc(N)c(C(=O)OC)n1. The van der Waals surface area contributed by atoms with Gasteiger partial charge in [0.1, 0.15) is 0 Å². The Kier molecular flexibility index (Phi) is 3.41. The Bertz CT molecular complexity index is 339. The highest BCUT2D eigenvalue weighted by atomic mass is 16.5. The van der Waals surface area contributed by atoms with Crippen molar-refractivity contribution in [2.45, 2.75) is 6.61 Å². The highest BCUT2D eigenvalue weighted by molar-refractivity contribution is 5.92. The van der Waals surface area contributed by atoms with Gasteiger partial charge in [0.2, 0.25) is 0 Å². The number of carbonyl (C=O) groups is 1. The molecule has 5 nitrogen and oxygen atoms in total. The van der Waals surface area contributed by atoms with Crippen LogP contribution in [0.3, 0.4) is 0 Å². The number of rotatable bonds is 3. The van der Waals surface area contributed by atoms with Crippen molar-refractivity contribution in [2.24, 2.45) is 0 Å². The first-order valence-corrected chi connectivity index (χ1v) is 4.01. The summed E-state index contributed by atoms with van der Waals surface area (Å²) in [6.07, 6.45) is 0. The lowest BCUT2D eigenvalue weighted by Crippen LogP contribution is -2.10. The number of hydrogen-bond acceptors (Lipinski definition) is 5. The van der Waals surface area contributed by atoms with Crippen LogP contribution in [0.2, 0.25) is 0 Å². The Hall–Kier alpha value is -1.62. The zero-order valence-corrected chi connectivity index (χ0v) is 8.11. The van der Waals surface area contributed by atoms with E-state index in [0.29, 0.717) is 18.0 Å². The van der Waals surface area contributed by atoms with Gasteiger partial charge in [-0.25, -0.2) is 9.78 Å². The number of nitrogen functional groups attached to an aromatic ring is 1. The molecule has 5 heteroatoms. The van der Waals surface area contributed by atoms with Crippen LogP contribution in [0.1, 0.15) is 16.2 Å². The van der Waals surface area contributed by atoms with Gasteiger partial charge in [0.25, 0.3) is 0 Å². The average Bonchev–Trinajstić information content (AvgIpc) is 2.20. The molecule has 2 N–H and O–H groups in total. The van der Waals surface area contributed by atoms with Gasteiger partial charge in [-0.05, 0) is 12.1 Å². The van der Waals surface area contributed by atoms with Gasteiger partial charge >= 0.3 is 5.97 Å². The van der Waals surface area contributed by atoms with Crippen molar-refractivity contribution < 1.29 is 14.3 Å². The van der Waals surface area contributed by atoms with Gasteiger partial charge in [-0.3, -0.25) is 0 Å². The van der Waals surface area contributed by atoms with E-state index in [1.165, 1.54) is 7.11 Å². The number of esters is 1. The predicted molar refractivity (Wildman–Crippen MR) is 50.7 cm³/mol. The second-order valence-electron chi connectivity index (χ2n) is 2.67. The van der Waals surface area contributed by atoms with Gasteiger partial charge in [0.15, 0.2) is 5.69 Å². The molecule has 0 radical (unpaired) electrons. The molecule has 0 aliphatic rings. The fraction of sp³-hybridized carbons (Fsp3) is 0.333. The third kappa shape index (κ3) is 2.20. The Balaban J connectivity index is 3.01. The molecule has 0 amide bonds. The summed E-state index contributed by atoms with van der Waals surface area (Å²) < 4.78 is 9.41. The third-order valence-corrected chi connectivity index (χ3v) is 1.66. The van der Waals surface area contributed by atoms with Crippen LogP contribution >= 0.6 is 0 Å². The first-order valence-electron chi connectivity index (χ1n) is 4.01. The highest BCUT2D eigenvalue weighted by Crippen LogP contribution is 2.11. The van der Waals surface area contributed by atoms with Crippen LogP contribution in [0.25, 0.3) is 0 Å². The first kappa shape index (κ1) is 10.5. The van der Waals surface area contributed by atoms with Crippen molar-refractivity contribution in [3.05, 3.63) is 23.5 Å². The Morgan fingerprint density at radius 1 is 1.50 bits per heavy atom. The molecule has 14 heavy (non-hydrogen) atoms. The van der Waals surface area contributed by atoms with Crippen LogP contribution in [0.15, 0.2) is 12.1 Å². The lowest BCUT2D eigenvalue weighted by Gasteiger charge is -2.05. The van der Waals surface area contributed by atoms with Crippen LogP contribution in [0.5, 0.6) is 0 Å². The Morgan fingerprint density at radius 3 is 2.79 bits per heavy atom. The summed E-state index contributed by atoms with van der Waals surface area (Å²) in [6.45, 7) is 0.338. The quantitative estimate of drug-likeness (QED) is 0.716. The number of pyridine rings is 1.